The molecule has 0 unspecified atom stereocenters. The molecule has 0 bridgehead atoms. The molecule has 0 aromatic carbocycles. The number of likely N-dealkylation sites (N-methyl/N-ethyl adjacent to an activating group) is 1. The number of hydrogen-bond donors (Lipinski definition) is 1. The van der Waals surface area contributed by atoms with Crippen LogP contribution in [0.3, 0.4) is 0 Å². The minimum absolute atomic E-state index is 0.170. The zero-order valence-corrected chi connectivity index (χ0v) is 9.07. The van der Waals surface area contributed by atoms with E-state index in [-0.39, 0.29) is 5.60 Å². The quantitative estimate of drug-likeness (QED) is 0.710. The van der Waals surface area contributed by atoms with Crippen LogP contribution in [0.4, 0.5) is 0 Å². The maximum Gasteiger partial charge on any atom is 0.0806 e. The highest BCUT2D eigenvalue weighted by Crippen LogP contribution is 2.31. The molecule has 0 aromatic rings. The highest BCUT2D eigenvalue weighted by atomic mass is 16.5. The van der Waals surface area contributed by atoms with Gasteiger partial charge in [0, 0.05) is 13.2 Å². The Hall–Kier alpha value is -0.0800. The van der Waals surface area contributed by atoms with Crippen molar-refractivity contribution in [1.29, 1.82) is 0 Å². The van der Waals surface area contributed by atoms with Gasteiger partial charge < -0.3 is 10.1 Å². The van der Waals surface area contributed by atoms with E-state index < -0.39 is 0 Å². The third kappa shape index (κ3) is 3.28. The van der Waals surface area contributed by atoms with Crippen LogP contribution in [0.5, 0.6) is 0 Å². The first kappa shape index (κ1) is 11.0. The van der Waals surface area contributed by atoms with Crippen LogP contribution in [0, 0.1) is 0 Å². The van der Waals surface area contributed by atoms with E-state index in [4.69, 9.17) is 4.74 Å². The minimum Gasteiger partial charge on any atom is -0.374 e. The molecule has 1 aliphatic carbocycles. The van der Waals surface area contributed by atoms with Gasteiger partial charge in [0.1, 0.15) is 0 Å². The lowest BCUT2D eigenvalue weighted by Gasteiger charge is -2.37. The summed E-state index contributed by atoms with van der Waals surface area (Å²) in [5.74, 6) is 0. The Balaban J connectivity index is 2.40. The van der Waals surface area contributed by atoms with Crippen molar-refractivity contribution >= 4 is 0 Å². The van der Waals surface area contributed by atoms with Crippen LogP contribution in [0.25, 0.3) is 0 Å². The molecule has 2 heteroatoms. The van der Waals surface area contributed by atoms with E-state index in [0.717, 1.165) is 19.6 Å². The molecule has 0 saturated heterocycles. The van der Waals surface area contributed by atoms with E-state index in [2.05, 4.69) is 12.2 Å². The predicted molar refractivity (Wildman–Crippen MR) is 56.0 cm³/mol. The van der Waals surface area contributed by atoms with Gasteiger partial charge in [0.2, 0.25) is 0 Å². The van der Waals surface area contributed by atoms with E-state index in [1.54, 1.807) is 0 Å². The number of rotatable bonds is 5. The fraction of sp³-hybridized carbons (Fsp3) is 1.00. The van der Waals surface area contributed by atoms with Gasteiger partial charge in [-0.2, -0.15) is 0 Å². The second-order valence-corrected chi connectivity index (χ2v) is 4.12. The molecule has 1 saturated carbocycles. The lowest BCUT2D eigenvalue weighted by atomic mass is 9.84. The largest absolute Gasteiger partial charge is 0.374 e. The Bertz CT molecular complexity index is 125. The normalized spacial score (nSPS) is 21.7. The van der Waals surface area contributed by atoms with Gasteiger partial charge in [0.05, 0.1) is 5.60 Å². The lowest BCUT2D eigenvalue weighted by molar-refractivity contribution is -0.0671. The van der Waals surface area contributed by atoms with Crippen molar-refractivity contribution in [3.05, 3.63) is 0 Å². The van der Waals surface area contributed by atoms with E-state index >= 15 is 0 Å². The van der Waals surface area contributed by atoms with Crippen molar-refractivity contribution in [3.8, 4) is 0 Å². The minimum atomic E-state index is 0.170. The molecule has 0 spiro atoms. The van der Waals surface area contributed by atoms with E-state index in [9.17, 15) is 0 Å². The van der Waals surface area contributed by atoms with Gasteiger partial charge in [-0.05, 0) is 26.3 Å². The Morgan fingerprint density at radius 1 is 1.23 bits per heavy atom. The molecule has 78 valence electrons. The Labute approximate surface area is 82.0 Å². The fourth-order valence-electron chi connectivity index (χ4n) is 2.21. The summed E-state index contributed by atoms with van der Waals surface area (Å²) in [5.41, 5.74) is 0.170. The van der Waals surface area contributed by atoms with E-state index in [1.165, 1.54) is 32.1 Å². The monoisotopic (exact) mass is 185 g/mol. The smallest absolute Gasteiger partial charge is 0.0806 e. The maximum atomic E-state index is 6.00. The fourth-order valence-corrected chi connectivity index (χ4v) is 2.21. The number of ether oxygens (including phenoxy) is 1. The van der Waals surface area contributed by atoms with Gasteiger partial charge in [-0.1, -0.05) is 26.2 Å². The maximum absolute atomic E-state index is 6.00. The summed E-state index contributed by atoms with van der Waals surface area (Å²) in [7, 11) is 2.02. The van der Waals surface area contributed by atoms with Gasteiger partial charge in [-0.25, -0.2) is 0 Å². The standard InChI is InChI=1S/C11H23NO/c1-3-9-13-11(10-12-2)7-5-4-6-8-11/h12H,3-10H2,1-2H3. The molecule has 1 fully saturated rings. The first-order valence-corrected chi connectivity index (χ1v) is 5.61. The van der Waals surface area contributed by atoms with Crippen LogP contribution in [0.2, 0.25) is 0 Å². The van der Waals surface area contributed by atoms with Gasteiger partial charge in [0.25, 0.3) is 0 Å². The molecule has 2 nitrogen and oxygen atoms in total. The van der Waals surface area contributed by atoms with Crippen molar-refractivity contribution < 1.29 is 4.74 Å². The molecular formula is C11H23NO. The summed E-state index contributed by atoms with van der Waals surface area (Å²) in [6, 6.07) is 0. The van der Waals surface area contributed by atoms with Gasteiger partial charge in [-0.15, -0.1) is 0 Å². The first-order chi connectivity index (χ1) is 6.33. The van der Waals surface area contributed by atoms with Crippen molar-refractivity contribution in [1.82, 2.24) is 5.32 Å². The van der Waals surface area contributed by atoms with Crippen molar-refractivity contribution in [2.24, 2.45) is 0 Å². The van der Waals surface area contributed by atoms with Gasteiger partial charge in [-0.3, -0.25) is 0 Å². The lowest BCUT2D eigenvalue weighted by Crippen LogP contribution is -2.43. The van der Waals surface area contributed by atoms with Crippen LogP contribution in [0.1, 0.15) is 45.4 Å². The van der Waals surface area contributed by atoms with Crippen LogP contribution in [-0.2, 0) is 4.74 Å². The van der Waals surface area contributed by atoms with Crippen LogP contribution >= 0.6 is 0 Å². The van der Waals surface area contributed by atoms with E-state index in [0.29, 0.717) is 0 Å². The van der Waals surface area contributed by atoms with Crippen molar-refractivity contribution in [2.75, 3.05) is 20.2 Å². The number of hydrogen-bond acceptors (Lipinski definition) is 2. The second kappa shape index (κ2) is 5.61. The Morgan fingerprint density at radius 3 is 2.46 bits per heavy atom. The van der Waals surface area contributed by atoms with Crippen LogP contribution in [-0.4, -0.2) is 25.8 Å². The molecule has 1 rings (SSSR count). The first-order valence-electron chi connectivity index (χ1n) is 5.61. The van der Waals surface area contributed by atoms with E-state index in [1.807, 2.05) is 7.05 Å². The third-order valence-corrected chi connectivity index (χ3v) is 2.88. The Kier molecular flexibility index (Phi) is 4.74. The van der Waals surface area contributed by atoms with Crippen molar-refractivity contribution in [2.45, 2.75) is 51.0 Å². The molecule has 13 heavy (non-hydrogen) atoms. The average Bonchev–Trinajstić information content (AvgIpc) is 2.17. The van der Waals surface area contributed by atoms with Gasteiger partial charge in [0.15, 0.2) is 0 Å². The summed E-state index contributed by atoms with van der Waals surface area (Å²) in [6.07, 6.45) is 7.69. The highest BCUT2D eigenvalue weighted by Gasteiger charge is 2.31. The number of nitrogens with one attached hydrogen (secondary N) is 1. The Morgan fingerprint density at radius 2 is 1.92 bits per heavy atom. The summed E-state index contributed by atoms with van der Waals surface area (Å²) in [4.78, 5) is 0. The molecule has 0 aliphatic heterocycles. The average molecular weight is 185 g/mol. The van der Waals surface area contributed by atoms with Crippen molar-refractivity contribution in [3.63, 3.8) is 0 Å². The zero-order valence-electron chi connectivity index (χ0n) is 9.07. The summed E-state index contributed by atoms with van der Waals surface area (Å²) in [6.45, 7) is 4.12. The van der Waals surface area contributed by atoms with Crippen LogP contribution in [0.15, 0.2) is 0 Å². The topological polar surface area (TPSA) is 21.3 Å². The SMILES string of the molecule is CCCOC1(CNC)CCCCC1. The molecule has 1 aliphatic rings. The molecule has 0 radical (unpaired) electrons. The summed E-state index contributed by atoms with van der Waals surface area (Å²) >= 11 is 0. The summed E-state index contributed by atoms with van der Waals surface area (Å²) < 4.78 is 6.00. The molecule has 1 N–H and O–H groups in total. The molecule has 0 aromatic heterocycles. The highest BCUT2D eigenvalue weighted by molar-refractivity contribution is 4.86. The molecule has 0 atom stereocenters. The molecular weight excluding hydrogens is 162 g/mol. The third-order valence-electron chi connectivity index (χ3n) is 2.88. The van der Waals surface area contributed by atoms with Gasteiger partial charge >= 0.3 is 0 Å². The summed E-state index contributed by atoms with van der Waals surface area (Å²) in [5, 5.41) is 3.26. The predicted octanol–water partition coefficient (Wildman–Crippen LogP) is 2.34. The molecule has 0 amide bonds. The van der Waals surface area contributed by atoms with Crippen LogP contribution < -0.4 is 5.32 Å². The molecule has 0 heterocycles. The zero-order chi connectivity index (χ0) is 9.57. The second-order valence-electron chi connectivity index (χ2n) is 4.12.